The minimum atomic E-state index is -0.250. The minimum Gasteiger partial charge on any atom is -0.346 e. The molecule has 1 heterocycles. The summed E-state index contributed by atoms with van der Waals surface area (Å²) >= 11 is 1.64. The fraction of sp³-hybridized carbons (Fsp3) is 0.375. The Hall–Kier alpha value is -2.60. The number of aryl methyl sites for hydroxylation is 1. The number of thioether (sulfide) groups is 1. The molecule has 1 atom stereocenters. The zero-order chi connectivity index (χ0) is 21.7. The molecule has 0 bridgehead atoms. The van der Waals surface area contributed by atoms with Gasteiger partial charge < -0.3 is 5.32 Å². The highest BCUT2D eigenvalue weighted by atomic mass is 32.2. The number of aromatic nitrogens is 3. The molecule has 0 unspecified atom stereocenters. The molecule has 30 heavy (non-hydrogen) atoms. The van der Waals surface area contributed by atoms with E-state index in [2.05, 4.69) is 84.2 Å². The Kier molecular flexibility index (Phi) is 6.98. The molecule has 2 aromatic carbocycles. The SMILES string of the molecule is Cc1ccc(-n2c(SCc3ccccc3)nnc2[C@@H](C)NC(=O)CC(C)(C)C)cc1. The second-order valence-electron chi connectivity index (χ2n) is 8.81. The van der Waals surface area contributed by atoms with E-state index in [0.29, 0.717) is 6.42 Å². The number of carbonyl (C=O) groups is 1. The molecule has 6 heteroatoms. The third kappa shape index (κ3) is 5.95. The summed E-state index contributed by atoms with van der Waals surface area (Å²) in [5, 5.41) is 12.8. The van der Waals surface area contributed by atoms with Crippen LogP contribution >= 0.6 is 11.8 Å². The first-order valence-corrected chi connectivity index (χ1v) is 11.2. The monoisotopic (exact) mass is 422 g/mol. The summed E-state index contributed by atoms with van der Waals surface area (Å²) in [5.41, 5.74) is 3.35. The lowest BCUT2D eigenvalue weighted by Crippen LogP contribution is -2.31. The fourth-order valence-corrected chi connectivity index (χ4v) is 4.07. The van der Waals surface area contributed by atoms with Crippen LogP contribution in [0.3, 0.4) is 0 Å². The average Bonchev–Trinajstić information content (AvgIpc) is 3.10. The molecule has 0 fully saturated rings. The van der Waals surface area contributed by atoms with Crippen LogP contribution < -0.4 is 5.32 Å². The lowest BCUT2D eigenvalue weighted by molar-refractivity contribution is -0.123. The molecule has 0 aliphatic carbocycles. The molecule has 0 aliphatic heterocycles. The van der Waals surface area contributed by atoms with E-state index < -0.39 is 0 Å². The van der Waals surface area contributed by atoms with Gasteiger partial charge in [-0.2, -0.15) is 0 Å². The molecular weight excluding hydrogens is 392 g/mol. The zero-order valence-corrected chi connectivity index (χ0v) is 19.2. The predicted octanol–water partition coefficient (Wildman–Crippen LogP) is 5.48. The lowest BCUT2D eigenvalue weighted by Gasteiger charge is -2.20. The number of benzene rings is 2. The van der Waals surface area contributed by atoms with Gasteiger partial charge in [-0.15, -0.1) is 10.2 Å². The first kappa shape index (κ1) is 22.1. The molecule has 3 rings (SSSR count). The third-order valence-electron chi connectivity index (χ3n) is 4.62. The predicted molar refractivity (Wildman–Crippen MR) is 123 cm³/mol. The van der Waals surface area contributed by atoms with Crippen molar-refractivity contribution in [2.24, 2.45) is 5.41 Å². The van der Waals surface area contributed by atoms with E-state index in [0.717, 1.165) is 22.4 Å². The maximum absolute atomic E-state index is 12.5. The highest BCUT2D eigenvalue weighted by Gasteiger charge is 2.23. The lowest BCUT2D eigenvalue weighted by atomic mass is 9.92. The Morgan fingerprint density at radius 3 is 2.37 bits per heavy atom. The third-order valence-corrected chi connectivity index (χ3v) is 5.62. The maximum atomic E-state index is 12.5. The van der Waals surface area contributed by atoms with Gasteiger partial charge in [0.25, 0.3) is 0 Å². The summed E-state index contributed by atoms with van der Waals surface area (Å²) in [7, 11) is 0. The van der Waals surface area contributed by atoms with E-state index in [1.807, 2.05) is 25.1 Å². The second kappa shape index (κ2) is 9.47. The van der Waals surface area contributed by atoms with Crippen molar-refractivity contribution in [3.8, 4) is 5.69 Å². The average molecular weight is 423 g/mol. The Morgan fingerprint density at radius 1 is 1.07 bits per heavy atom. The first-order chi connectivity index (χ1) is 14.2. The molecule has 1 amide bonds. The van der Waals surface area contributed by atoms with Crippen molar-refractivity contribution in [1.29, 1.82) is 0 Å². The minimum absolute atomic E-state index is 0.0203. The van der Waals surface area contributed by atoms with Gasteiger partial charge in [0.1, 0.15) is 0 Å². The normalized spacial score (nSPS) is 12.6. The topological polar surface area (TPSA) is 59.8 Å². The van der Waals surface area contributed by atoms with Crippen LogP contribution in [0.4, 0.5) is 0 Å². The van der Waals surface area contributed by atoms with Crippen molar-refractivity contribution >= 4 is 17.7 Å². The second-order valence-corrected chi connectivity index (χ2v) is 9.76. The van der Waals surface area contributed by atoms with Crippen molar-refractivity contribution in [1.82, 2.24) is 20.1 Å². The van der Waals surface area contributed by atoms with E-state index in [9.17, 15) is 4.79 Å². The van der Waals surface area contributed by atoms with E-state index in [1.54, 1.807) is 11.8 Å². The van der Waals surface area contributed by atoms with E-state index >= 15 is 0 Å². The molecule has 0 saturated heterocycles. The van der Waals surface area contributed by atoms with Crippen LogP contribution in [-0.4, -0.2) is 20.7 Å². The molecule has 1 N–H and O–H groups in total. The summed E-state index contributed by atoms with van der Waals surface area (Å²) in [6.45, 7) is 10.2. The molecular formula is C24H30N4OS. The molecule has 0 aliphatic rings. The van der Waals surface area contributed by atoms with Crippen LogP contribution in [0.2, 0.25) is 0 Å². The van der Waals surface area contributed by atoms with E-state index in [1.165, 1.54) is 11.1 Å². The molecule has 0 saturated carbocycles. The van der Waals surface area contributed by atoms with Crippen molar-refractivity contribution in [2.45, 2.75) is 58.0 Å². The number of hydrogen-bond donors (Lipinski definition) is 1. The van der Waals surface area contributed by atoms with Crippen molar-refractivity contribution < 1.29 is 4.79 Å². The van der Waals surface area contributed by atoms with Gasteiger partial charge in [0.15, 0.2) is 11.0 Å². The number of nitrogens with zero attached hydrogens (tertiary/aromatic N) is 3. The molecule has 5 nitrogen and oxygen atoms in total. The standard InChI is InChI=1S/C24H30N4OS/c1-17-11-13-20(14-12-17)28-22(18(2)25-21(29)15-24(3,4)5)26-27-23(28)30-16-19-9-7-6-8-10-19/h6-14,18H,15-16H2,1-5H3,(H,25,29)/t18-/m1/s1. The maximum Gasteiger partial charge on any atom is 0.221 e. The van der Waals surface area contributed by atoms with Crippen molar-refractivity contribution in [2.75, 3.05) is 0 Å². The molecule has 0 spiro atoms. The number of carbonyl (C=O) groups excluding carboxylic acids is 1. The number of amides is 1. The number of hydrogen-bond acceptors (Lipinski definition) is 4. The molecule has 1 aromatic heterocycles. The van der Waals surface area contributed by atoms with Gasteiger partial charge in [-0.3, -0.25) is 9.36 Å². The van der Waals surface area contributed by atoms with Gasteiger partial charge in [0.05, 0.1) is 6.04 Å². The van der Waals surface area contributed by atoms with Crippen molar-refractivity contribution in [3.63, 3.8) is 0 Å². The van der Waals surface area contributed by atoms with Crippen LogP contribution in [0, 0.1) is 12.3 Å². The highest BCUT2D eigenvalue weighted by Crippen LogP contribution is 2.28. The first-order valence-electron chi connectivity index (χ1n) is 10.2. The molecule has 3 aromatic rings. The van der Waals surface area contributed by atoms with Gasteiger partial charge in [-0.25, -0.2) is 0 Å². The van der Waals surface area contributed by atoms with Crippen LogP contribution in [0.1, 0.15) is 57.1 Å². The summed E-state index contributed by atoms with van der Waals surface area (Å²) in [5.74, 6) is 1.55. The number of nitrogens with one attached hydrogen (secondary N) is 1. The van der Waals surface area contributed by atoms with Crippen molar-refractivity contribution in [3.05, 3.63) is 71.5 Å². The Morgan fingerprint density at radius 2 is 1.73 bits per heavy atom. The van der Waals surface area contributed by atoms with Crippen LogP contribution in [0.15, 0.2) is 59.8 Å². The Balaban J connectivity index is 1.87. The summed E-state index contributed by atoms with van der Waals surface area (Å²) < 4.78 is 2.05. The van der Waals surface area contributed by atoms with Gasteiger partial charge in [0, 0.05) is 17.9 Å². The summed E-state index contributed by atoms with van der Waals surface area (Å²) in [4.78, 5) is 12.5. The van der Waals surface area contributed by atoms with E-state index in [4.69, 9.17) is 0 Å². The van der Waals surface area contributed by atoms with E-state index in [-0.39, 0.29) is 17.4 Å². The molecule has 0 radical (unpaired) electrons. The highest BCUT2D eigenvalue weighted by molar-refractivity contribution is 7.98. The van der Waals surface area contributed by atoms with Gasteiger partial charge in [-0.1, -0.05) is 80.6 Å². The largest absolute Gasteiger partial charge is 0.346 e. The van der Waals surface area contributed by atoms with Gasteiger partial charge >= 0.3 is 0 Å². The number of rotatable bonds is 7. The summed E-state index contributed by atoms with van der Waals surface area (Å²) in [6.07, 6.45) is 0.464. The smallest absolute Gasteiger partial charge is 0.221 e. The quantitative estimate of drug-likeness (QED) is 0.512. The van der Waals surface area contributed by atoms with Gasteiger partial charge in [-0.05, 0) is 37.0 Å². The van der Waals surface area contributed by atoms with Crippen LogP contribution in [0.25, 0.3) is 5.69 Å². The zero-order valence-electron chi connectivity index (χ0n) is 18.3. The summed E-state index contributed by atoms with van der Waals surface area (Å²) in [6, 6.07) is 18.4. The Labute approximate surface area is 183 Å². The van der Waals surface area contributed by atoms with Crippen LogP contribution in [-0.2, 0) is 10.5 Å². The van der Waals surface area contributed by atoms with Crippen LogP contribution in [0.5, 0.6) is 0 Å². The fourth-order valence-electron chi connectivity index (χ4n) is 3.15. The molecule has 158 valence electrons. The van der Waals surface area contributed by atoms with Gasteiger partial charge in [0.2, 0.25) is 5.91 Å². The Bertz CT molecular complexity index is 975.